The third kappa shape index (κ3) is 4.49. The Morgan fingerprint density at radius 2 is 1.39 bits per heavy atom. The van der Waals surface area contributed by atoms with Gasteiger partial charge in [0.25, 0.3) is 15.9 Å². The number of hydrogen-bond donors (Lipinski definition) is 2. The van der Waals surface area contributed by atoms with Crippen LogP contribution in [0, 0.1) is 17.5 Å². The first-order valence-corrected chi connectivity index (χ1v) is 9.38. The molecule has 2 N–H and O–H groups in total. The molecule has 3 aromatic rings. The fraction of sp³-hybridized carbons (Fsp3) is 0. The first-order valence-electron chi connectivity index (χ1n) is 7.89. The highest BCUT2D eigenvalue weighted by Gasteiger charge is 2.16. The van der Waals surface area contributed by atoms with Gasteiger partial charge in [-0.15, -0.1) is 0 Å². The maximum absolute atomic E-state index is 13.6. The van der Waals surface area contributed by atoms with E-state index in [0.717, 1.165) is 24.3 Å². The van der Waals surface area contributed by atoms with Crippen LogP contribution in [-0.4, -0.2) is 14.3 Å². The summed E-state index contributed by atoms with van der Waals surface area (Å²) in [6.45, 7) is 0. The lowest BCUT2D eigenvalue weighted by molar-refractivity contribution is 0.102. The molecule has 3 aromatic carbocycles. The number of carbonyl (C=O) groups is 1. The van der Waals surface area contributed by atoms with Gasteiger partial charge >= 0.3 is 0 Å². The van der Waals surface area contributed by atoms with Gasteiger partial charge < -0.3 is 5.32 Å². The van der Waals surface area contributed by atoms with Crippen molar-refractivity contribution in [1.82, 2.24) is 0 Å². The first-order chi connectivity index (χ1) is 13.2. The number of amides is 1. The van der Waals surface area contributed by atoms with Gasteiger partial charge in [0.15, 0.2) is 0 Å². The average molecular weight is 406 g/mol. The maximum Gasteiger partial charge on any atom is 0.261 e. The first kappa shape index (κ1) is 19.4. The number of hydrogen-bond acceptors (Lipinski definition) is 3. The summed E-state index contributed by atoms with van der Waals surface area (Å²) in [7, 11) is -3.94. The number of sulfonamides is 1. The Labute approximate surface area is 158 Å². The van der Waals surface area contributed by atoms with Crippen LogP contribution in [0.2, 0.25) is 0 Å². The monoisotopic (exact) mass is 406 g/mol. The second kappa shape index (κ2) is 7.73. The molecule has 0 heterocycles. The van der Waals surface area contributed by atoms with Crippen LogP contribution >= 0.6 is 0 Å². The summed E-state index contributed by atoms with van der Waals surface area (Å²) >= 11 is 0. The summed E-state index contributed by atoms with van der Waals surface area (Å²) in [5.74, 6) is -2.91. The van der Waals surface area contributed by atoms with Crippen LogP contribution < -0.4 is 10.0 Å². The molecule has 0 aliphatic carbocycles. The van der Waals surface area contributed by atoms with E-state index in [1.54, 1.807) is 0 Å². The zero-order chi connectivity index (χ0) is 20.3. The van der Waals surface area contributed by atoms with Gasteiger partial charge in [0, 0.05) is 17.3 Å². The van der Waals surface area contributed by atoms with Crippen molar-refractivity contribution in [2.75, 3.05) is 10.0 Å². The molecule has 0 aliphatic heterocycles. The van der Waals surface area contributed by atoms with Crippen LogP contribution in [-0.2, 0) is 10.0 Å². The third-order valence-corrected chi connectivity index (χ3v) is 5.10. The molecule has 0 saturated carbocycles. The lowest BCUT2D eigenvalue weighted by Gasteiger charge is -2.09. The van der Waals surface area contributed by atoms with Crippen molar-refractivity contribution in [3.8, 4) is 0 Å². The zero-order valence-electron chi connectivity index (χ0n) is 14.1. The van der Waals surface area contributed by atoms with E-state index in [2.05, 4.69) is 10.0 Å². The molecular formula is C19H13F3N2O3S. The van der Waals surface area contributed by atoms with Crippen LogP contribution in [0.25, 0.3) is 0 Å². The summed E-state index contributed by atoms with van der Waals surface area (Å²) in [5.41, 5.74) is 0.0422. The van der Waals surface area contributed by atoms with Crippen molar-refractivity contribution in [2.45, 2.75) is 4.90 Å². The molecule has 5 nitrogen and oxygen atoms in total. The minimum absolute atomic E-state index is 0.0736. The van der Waals surface area contributed by atoms with Gasteiger partial charge in [-0.25, -0.2) is 21.6 Å². The lowest BCUT2D eigenvalue weighted by Crippen LogP contribution is -2.15. The molecule has 0 unspecified atom stereocenters. The highest BCUT2D eigenvalue weighted by atomic mass is 32.2. The zero-order valence-corrected chi connectivity index (χ0v) is 14.9. The molecule has 0 aromatic heterocycles. The lowest BCUT2D eigenvalue weighted by atomic mass is 10.2. The molecule has 0 spiro atoms. The number of carbonyl (C=O) groups excluding carboxylic acids is 1. The van der Waals surface area contributed by atoms with Crippen LogP contribution in [0.3, 0.4) is 0 Å². The van der Waals surface area contributed by atoms with E-state index < -0.39 is 33.4 Å². The number of halogens is 3. The van der Waals surface area contributed by atoms with Crippen molar-refractivity contribution in [1.29, 1.82) is 0 Å². The number of rotatable bonds is 5. The van der Waals surface area contributed by atoms with Gasteiger partial charge in [-0.3, -0.25) is 9.52 Å². The summed E-state index contributed by atoms with van der Waals surface area (Å²) in [4.78, 5) is 12.0. The third-order valence-electron chi connectivity index (χ3n) is 3.70. The van der Waals surface area contributed by atoms with E-state index in [1.807, 2.05) is 0 Å². The van der Waals surface area contributed by atoms with Crippen molar-refractivity contribution in [3.05, 3.63) is 89.7 Å². The molecule has 28 heavy (non-hydrogen) atoms. The smallest absolute Gasteiger partial charge is 0.261 e. The quantitative estimate of drug-likeness (QED) is 0.668. The van der Waals surface area contributed by atoms with Gasteiger partial charge in [0.1, 0.15) is 17.5 Å². The van der Waals surface area contributed by atoms with E-state index in [4.69, 9.17) is 0 Å². The van der Waals surface area contributed by atoms with Crippen LogP contribution in [0.4, 0.5) is 24.5 Å². The Balaban J connectivity index is 1.74. The number of nitrogens with one attached hydrogen (secondary N) is 2. The SMILES string of the molecule is O=C(Nc1ccc(F)cc1F)c1ccc(S(=O)(=O)Nc2ccc(F)cc2)cc1. The summed E-state index contributed by atoms with van der Waals surface area (Å²) in [5, 5.41) is 2.28. The van der Waals surface area contributed by atoms with E-state index in [9.17, 15) is 26.4 Å². The average Bonchev–Trinajstić information content (AvgIpc) is 2.66. The topological polar surface area (TPSA) is 75.3 Å². The number of anilines is 2. The van der Waals surface area contributed by atoms with E-state index >= 15 is 0 Å². The summed E-state index contributed by atoms with van der Waals surface area (Å²) in [6.07, 6.45) is 0. The molecule has 1 amide bonds. The highest BCUT2D eigenvalue weighted by Crippen LogP contribution is 2.19. The maximum atomic E-state index is 13.6. The molecule has 0 fully saturated rings. The van der Waals surface area contributed by atoms with Gasteiger partial charge in [0.2, 0.25) is 0 Å². The molecule has 0 radical (unpaired) electrons. The predicted molar refractivity (Wildman–Crippen MR) is 98.0 cm³/mol. The van der Waals surface area contributed by atoms with Crippen molar-refractivity contribution < 1.29 is 26.4 Å². The Bertz CT molecular complexity index is 1120. The Kier molecular flexibility index (Phi) is 5.36. The molecule has 0 saturated heterocycles. The van der Waals surface area contributed by atoms with Gasteiger partial charge in [-0.2, -0.15) is 0 Å². The normalized spacial score (nSPS) is 11.1. The Morgan fingerprint density at radius 3 is 2.00 bits per heavy atom. The van der Waals surface area contributed by atoms with E-state index in [0.29, 0.717) is 6.07 Å². The van der Waals surface area contributed by atoms with Crippen molar-refractivity contribution in [3.63, 3.8) is 0 Å². The predicted octanol–water partition coefficient (Wildman–Crippen LogP) is 4.16. The minimum Gasteiger partial charge on any atom is -0.319 e. The highest BCUT2D eigenvalue weighted by molar-refractivity contribution is 7.92. The molecule has 144 valence electrons. The Hall–Kier alpha value is -3.33. The standard InChI is InChI=1S/C19H13F3N2O3S/c20-13-3-6-15(7-4-13)24-28(26,27)16-8-1-12(2-9-16)19(25)23-18-10-5-14(21)11-17(18)22/h1-11,24H,(H,23,25). The van der Waals surface area contributed by atoms with Crippen LogP contribution in [0.15, 0.2) is 71.6 Å². The van der Waals surface area contributed by atoms with Crippen molar-refractivity contribution >= 4 is 27.3 Å². The fourth-order valence-corrected chi connectivity index (χ4v) is 3.36. The molecule has 9 heteroatoms. The van der Waals surface area contributed by atoms with Gasteiger partial charge in [-0.1, -0.05) is 0 Å². The van der Waals surface area contributed by atoms with E-state index in [-0.39, 0.29) is 21.8 Å². The molecular weight excluding hydrogens is 393 g/mol. The second-order valence-corrected chi connectivity index (χ2v) is 7.40. The van der Waals surface area contributed by atoms with Gasteiger partial charge in [0.05, 0.1) is 10.6 Å². The van der Waals surface area contributed by atoms with Crippen LogP contribution in [0.5, 0.6) is 0 Å². The largest absolute Gasteiger partial charge is 0.319 e. The molecule has 0 aliphatic rings. The van der Waals surface area contributed by atoms with Crippen molar-refractivity contribution in [2.24, 2.45) is 0 Å². The van der Waals surface area contributed by atoms with Gasteiger partial charge in [-0.05, 0) is 60.7 Å². The summed E-state index contributed by atoms with van der Waals surface area (Å²) in [6, 6.07) is 12.4. The van der Waals surface area contributed by atoms with E-state index in [1.165, 1.54) is 36.4 Å². The molecule has 0 bridgehead atoms. The summed E-state index contributed by atoms with van der Waals surface area (Å²) < 4.78 is 66.4. The minimum atomic E-state index is -3.94. The Morgan fingerprint density at radius 1 is 0.786 bits per heavy atom. The molecule has 3 rings (SSSR count). The van der Waals surface area contributed by atoms with Crippen LogP contribution in [0.1, 0.15) is 10.4 Å². The molecule has 0 atom stereocenters. The fourth-order valence-electron chi connectivity index (χ4n) is 2.30. The number of benzene rings is 3. The second-order valence-electron chi connectivity index (χ2n) is 5.72.